The van der Waals surface area contributed by atoms with Gasteiger partial charge >= 0.3 is 5.97 Å². The van der Waals surface area contributed by atoms with Crippen molar-refractivity contribution in [2.24, 2.45) is 0 Å². The summed E-state index contributed by atoms with van der Waals surface area (Å²) >= 11 is 0. The molecule has 2 aromatic carbocycles. The molecule has 10 nitrogen and oxygen atoms in total. The molecule has 11 heteroatoms. The van der Waals surface area contributed by atoms with Crippen LogP contribution in [0.3, 0.4) is 0 Å². The Hall–Kier alpha value is -5.18. The number of ether oxygens (including phenoxy) is 1. The van der Waals surface area contributed by atoms with Crippen LogP contribution >= 0.6 is 0 Å². The van der Waals surface area contributed by atoms with Crippen molar-refractivity contribution < 1.29 is 27.7 Å². The summed E-state index contributed by atoms with van der Waals surface area (Å²) in [5, 5.41) is 4.42. The van der Waals surface area contributed by atoms with E-state index in [1.807, 2.05) is 11.0 Å². The molecule has 236 valence electrons. The van der Waals surface area contributed by atoms with Gasteiger partial charge in [0, 0.05) is 46.2 Å². The first-order valence-corrected chi connectivity index (χ1v) is 16.4. The summed E-state index contributed by atoms with van der Waals surface area (Å²) in [7, 11) is -1.75. The van der Waals surface area contributed by atoms with Gasteiger partial charge in [-0.25, -0.2) is 4.21 Å². The van der Waals surface area contributed by atoms with Gasteiger partial charge in [-0.3, -0.25) is 29.0 Å². The van der Waals surface area contributed by atoms with Crippen molar-refractivity contribution in [3.63, 3.8) is 0 Å². The molecule has 3 heterocycles. The molecule has 2 N–H and O–H groups in total. The Morgan fingerprint density at radius 2 is 1.85 bits per heavy atom. The standard InChI is InChI=1S/C35H34N4O6S/c1-25-16-19-45-32(25)34(41)37-29-10-6-9-26(22-29)14-15-27-21-28(24-36-23-27)33(40)38-46(43,30-11-4-3-5-12-30)20-8-18-39-17-7-13-31(39)35(42)44-2/h3-6,9-12,16,19-24,31H,7-8,13,17-18H2,1-2H3,(H,37,41)(H,38,40,43). The fraction of sp³-hybridized carbons (Fsp3) is 0.229. The molecule has 1 aliphatic heterocycles. The molecule has 2 atom stereocenters. The van der Waals surface area contributed by atoms with E-state index in [2.05, 4.69) is 26.9 Å². The van der Waals surface area contributed by atoms with Gasteiger partial charge in [0.15, 0.2) is 5.76 Å². The monoisotopic (exact) mass is 638 g/mol. The van der Waals surface area contributed by atoms with Crippen LogP contribution in [-0.2, 0) is 19.2 Å². The third kappa shape index (κ3) is 7.90. The number of amides is 2. The van der Waals surface area contributed by atoms with E-state index in [1.165, 1.54) is 25.8 Å². The van der Waals surface area contributed by atoms with Gasteiger partial charge in [-0.2, -0.15) is 0 Å². The highest BCUT2D eigenvalue weighted by molar-refractivity contribution is 8.00. The molecule has 0 bridgehead atoms. The number of aryl methyl sites for hydroxylation is 1. The van der Waals surface area contributed by atoms with Gasteiger partial charge in [0.05, 0.1) is 28.6 Å². The molecular formula is C35H34N4O6S. The van der Waals surface area contributed by atoms with Crippen LogP contribution < -0.4 is 10.0 Å². The zero-order valence-corrected chi connectivity index (χ0v) is 26.3. The molecule has 1 fully saturated rings. The average molecular weight is 639 g/mol. The Bertz CT molecular complexity index is 1920. The second kappa shape index (κ2) is 14.7. The maximum atomic E-state index is 14.2. The number of pyridine rings is 1. The quantitative estimate of drug-likeness (QED) is 0.156. The molecule has 46 heavy (non-hydrogen) atoms. The number of aromatic nitrogens is 1. The summed E-state index contributed by atoms with van der Waals surface area (Å²) in [4.78, 5) is 44.7. The first-order chi connectivity index (χ1) is 22.3. The first-order valence-electron chi connectivity index (χ1n) is 14.7. The van der Waals surface area contributed by atoms with Crippen molar-refractivity contribution in [2.75, 3.05) is 25.5 Å². The summed E-state index contributed by atoms with van der Waals surface area (Å²) in [6.45, 7) is 3.04. The Labute approximate surface area is 268 Å². The van der Waals surface area contributed by atoms with Crippen molar-refractivity contribution in [3.05, 3.63) is 113 Å². The molecule has 2 aromatic heterocycles. The van der Waals surface area contributed by atoms with Crippen LogP contribution in [0, 0.1) is 18.8 Å². The number of esters is 1. The Balaban J connectivity index is 1.30. The van der Waals surface area contributed by atoms with Crippen LogP contribution in [0.1, 0.15) is 56.9 Å². The highest BCUT2D eigenvalue weighted by atomic mass is 32.2. The smallest absolute Gasteiger partial charge is 0.323 e. The second-order valence-electron chi connectivity index (χ2n) is 10.7. The fourth-order valence-electron chi connectivity index (χ4n) is 5.14. The Morgan fingerprint density at radius 1 is 1.04 bits per heavy atom. The molecule has 0 radical (unpaired) electrons. The van der Waals surface area contributed by atoms with Gasteiger partial charge in [0.1, 0.15) is 6.04 Å². The van der Waals surface area contributed by atoms with Crippen LogP contribution in [0.2, 0.25) is 0 Å². The van der Waals surface area contributed by atoms with E-state index >= 15 is 0 Å². The van der Waals surface area contributed by atoms with Gasteiger partial charge in [-0.15, -0.1) is 0 Å². The lowest BCUT2D eigenvalue weighted by atomic mass is 10.1. The second-order valence-corrected chi connectivity index (χ2v) is 12.9. The number of rotatable bonds is 9. The average Bonchev–Trinajstić information content (AvgIpc) is 3.73. The number of nitrogens with zero attached hydrogens (tertiary/aromatic N) is 2. The Morgan fingerprint density at radius 3 is 2.61 bits per heavy atom. The summed E-state index contributed by atoms with van der Waals surface area (Å²) in [5.74, 6) is 5.09. The van der Waals surface area contributed by atoms with E-state index in [0.717, 1.165) is 24.9 Å². The van der Waals surface area contributed by atoms with Crippen molar-refractivity contribution in [2.45, 2.75) is 37.1 Å². The van der Waals surface area contributed by atoms with Gasteiger partial charge in [-0.05, 0) is 80.6 Å². The summed E-state index contributed by atoms with van der Waals surface area (Å²) in [5.41, 5.74) is 2.60. The number of carbonyl (C=O) groups is 3. The number of furan rings is 1. The van der Waals surface area contributed by atoms with E-state index in [1.54, 1.807) is 73.0 Å². The third-order valence-electron chi connectivity index (χ3n) is 7.48. The molecule has 0 aliphatic carbocycles. The van der Waals surface area contributed by atoms with Crippen LogP contribution in [0.25, 0.3) is 0 Å². The molecule has 5 rings (SSSR count). The summed E-state index contributed by atoms with van der Waals surface area (Å²) < 4.78 is 27.1. The van der Waals surface area contributed by atoms with Crippen LogP contribution in [0.4, 0.5) is 5.69 Å². The van der Waals surface area contributed by atoms with E-state index in [-0.39, 0.29) is 29.2 Å². The lowest BCUT2D eigenvalue weighted by Gasteiger charge is -2.22. The van der Waals surface area contributed by atoms with Crippen LogP contribution in [0.15, 0.2) is 94.7 Å². The zero-order valence-electron chi connectivity index (χ0n) is 25.5. The normalized spacial score (nSPS) is 15.6. The molecule has 2 amide bonds. The minimum atomic E-state index is -3.12. The topological polar surface area (TPSA) is 131 Å². The van der Waals surface area contributed by atoms with Crippen molar-refractivity contribution in [3.8, 4) is 11.8 Å². The summed E-state index contributed by atoms with van der Waals surface area (Å²) in [6, 6.07) is 18.8. The molecule has 4 aromatic rings. The number of carbonyl (C=O) groups excluding carboxylic acids is 3. The number of nitrogens with one attached hydrogen (secondary N) is 2. The minimum Gasteiger partial charge on any atom is -0.468 e. The van der Waals surface area contributed by atoms with Crippen LogP contribution in [0.5, 0.6) is 0 Å². The van der Waals surface area contributed by atoms with E-state index in [0.29, 0.717) is 34.7 Å². The van der Waals surface area contributed by atoms with Crippen molar-refractivity contribution in [1.82, 2.24) is 14.6 Å². The van der Waals surface area contributed by atoms with E-state index < -0.39 is 15.6 Å². The van der Waals surface area contributed by atoms with Crippen molar-refractivity contribution in [1.29, 1.82) is 0 Å². The minimum absolute atomic E-state index is 0.198. The first kappa shape index (κ1) is 32.2. The largest absolute Gasteiger partial charge is 0.468 e. The number of anilines is 1. The molecule has 1 aliphatic rings. The third-order valence-corrected chi connectivity index (χ3v) is 9.65. The molecular weight excluding hydrogens is 604 g/mol. The highest BCUT2D eigenvalue weighted by Crippen LogP contribution is 2.19. The van der Waals surface area contributed by atoms with Gasteiger partial charge < -0.3 is 14.5 Å². The highest BCUT2D eigenvalue weighted by Gasteiger charge is 2.31. The fourth-order valence-corrected chi connectivity index (χ4v) is 6.93. The SMILES string of the molecule is COC(=O)C1CCCN1CCC=S(=O)(NC(=O)c1cncc(C#Cc2cccc(NC(=O)c3occc3C)c2)c1)c1ccccc1. The maximum absolute atomic E-state index is 14.2. The van der Waals surface area contributed by atoms with Crippen molar-refractivity contribution >= 4 is 38.5 Å². The van der Waals surface area contributed by atoms with Gasteiger partial charge in [0.25, 0.3) is 11.8 Å². The zero-order chi connectivity index (χ0) is 32.5. The lowest BCUT2D eigenvalue weighted by Crippen LogP contribution is -2.38. The molecule has 2 unspecified atom stereocenters. The Kier molecular flexibility index (Phi) is 10.3. The number of methoxy groups -OCH3 is 1. The number of benzene rings is 2. The van der Waals surface area contributed by atoms with E-state index in [9.17, 15) is 18.6 Å². The molecule has 0 saturated carbocycles. The van der Waals surface area contributed by atoms with Gasteiger partial charge in [0.2, 0.25) is 0 Å². The molecule has 0 spiro atoms. The lowest BCUT2D eigenvalue weighted by molar-refractivity contribution is -0.145. The predicted octanol–water partition coefficient (Wildman–Crippen LogP) is 4.45. The summed E-state index contributed by atoms with van der Waals surface area (Å²) in [6.07, 6.45) is 6.37. The van der Waals surface area contributed by atoms with Crippen LogP contribution in [-0.4, -0.2) is 63.5 Å². The predicted molar refractivity (Wildman–Crippen MR) is 176 cm³/mol. The van der Waals surface area contributed by atoms with E-state index in [4.69, 9.17) is 9.15 Å². The number of hydrogen-bond acceptors (Lipinski definition) is 8. The molecule has 1 saturated heterocycles. The number of hydrogen-bond donors (Lipinski definition) is 2. The van der Waals surface area contributed by atoms with Gasteiger partial charge in [-0.1, -0.05) is 36.1 Å². The number of likely N-dealkylation sites (tertiary alicyclic amines) is 1. The maximum Gasteiger partial charge on any atom is 0.323 e.